The highest BCUT2D eigenvalue weighted by molar-refractivity contribution is 6.04. The van der Waals surface area contributed by atoms with Gasteiger partial charge in [0, 0.05) is 5.56 Å². The van der Waals surface area contributed by atoms with E-state index in [-0.39, 0.29) is 5.78 Å². The maximum Gasteiger partial charge on any atom is 0.184 e. The van der Waals surface area contributed by atoms with Gasteiger partial charge in [0.05, 0.1) is 6.07 Å². The smallest absolute Gasteiger partial charge is 0.184 e. The van der Waals surface area contributed by atoms with Gasteiger partial charge in [-0.2, -0.15) is 5.26 Å². The van der Waals surface area contributed by atoms with Crippen LogP contribution in [0.25, 0.3) is 0 Å². The number of nitrogens with zero attached hydrogens (tertiary/aromatic N) is 1. The number of Topliss-reactive ketones (excluding diaryl/α,β-unsaturated/α-hetero) is 1. The van der Waals surface area contributed by atoms with Crippen molar-refractivity contribution in [1.29, 1.82) is 5.26 Å². The van der Waals surface area contributed by atoms with Crippen molar-refractivity contribution in [3.63, 3.8) is 0 Å². The Morgan fingerprint density at radius 3 is 2.40 bits per heavy atom. The molecule has 0 N–H and O–H groups in total. The maximum absolute atomic E-state index is 12.7. The van der Waals surface area contributed by atoms with Gasteiger partial charge in [-0.3, -0.25) is 4.79 Å². The summed E-state index contributed by atoms with van der Waals surface area (Å²) >= 11 is 0. The van der Waals surface area contributed by atoms with E-state index >= 15 is 0 Å². The molecule has 2 aromatic rings. The molecule has 0 aromatic heterocycles. The van der Waals surface area contributed by atoms with E-state index in [0.717, 1.165) is 22.3 Å². The molecule has 2 aromatic carbocycles. The average Bonchev–Trinajstić information content (AvgIpc) is 2.44. The van der Waals surface area contributed by atoms with Gasteiger partial charge in [-0.1, -0.05) is 42.0 Å². The van der Waals surface area contributed by atoms with Gasteiger partial charge in [-0.05, 0) is 43.5 Å². The van der Waals surface area contributed by atoms with Crippen molar-refractivity contribution >= 4 is 5.78 Å². The predicted octanol–water partition coefficient (Wildman–Crippen LogP) is 4.10. The molecule has 0 saturated carbocycles. The summed E-state index contributed by atoms with van der Waals surface area (Å²) in [5, 5.41) is 9.43. The summed E-state index contributed by atoms with van der Waals surface area (Å²) in [5.74, 6) is -0.861. The van der Waals surface area contributed by atoms with Crippen LogP contribution >= 0.6 is 0 Å². The molecule has 1 unspecified atom stereocenters. The highest BCUT2D eigenvalue weighted by Crippen LogP contribution is 2.25. The number of hydrogen-bond acceptors (Lipinski definition) is 2. The van der Waals surface area contributed by atoms with Crippen LogP contribution in [-0.4, -0.2) is 5.78 Å². The fourth-order valence-corrected chi connectivity index (χ4v) is 2.34. The third-order valence-electron chi connectivity index (χ3n) is 3.55. The number of ketones is 1. The van der Waals surface area contributed by atoms with Crippen molar-refractivity contribution in [1.82, 2.24) is 0 Å². The Morgan fingerprint density at radius 2 is 1.75 bits per heavy atom. The molecule has 2 rings (SSSR count). The monoisotopic (exact) mass is 263 g/mol. The summed E-state index contributed by atoms with van der Waals surface area (Å²) in [6.07, 6.45) is 0. The molecule has 20 heavy (non-hydrogen) atoms. The lowest BCUT2D eigenvalue weighted by Crippen LogP contribution is -2.14. The van der Waals surface area contributed by atoms with Gasteiger partial charge in [0.1, 0.15) is 5.92 Å². The first-order valence-electron chi connectivity index (χ1n) is 6.61. The van der Waals surface area contributed by atoms with E-state index in [4.69, 9.17) is 0 Å². The van der Waals surface area contributed by atoms with Crippen molar-refractivity contribution in [2.24, 2.45) is 0 Å². The van der Waals surface area contributed by atoms with Gasteiger partial charge < -0.3 is 0 Å². The first-order chi connectivity index (χ1) is 9.54. The Hall–Kier alpha value is -2.40. The van der Waals surface area contributed by atoms with Gasteiger partial charge in [-0.15, -0.1) is 0 Å². The van der Waals surface area contributed by atoms with Gasteiger partial charge in [0.25, 0.3) is 0 Å². The van der Waals surface area contributed by atoms with Crippen molar-refractivity contribution in [3.8, 4) is 6.07 Å². The van der Waals surface area contributed by atoms with Crippen LogP contribution in [0.5, 0.6) is 0 Å². The summed E-state index contributed by atoms with van der Waals surface area (Å²) in [6.45, 7) is 5.78. The standard InChI is InChI=1S/C18H17NO/c1-12-8-9-14(3)16(10-12)18(20)17(11-19)15-7-5-4-6-13(15)2/h4-10,17H,1-3H3. The van der Waals surface area contributed by atoms with Crippen molar-refractivity contribution in [3.05, 3.63) is 70.3 Å². The summed E-state index contributed by atoms with van der Waals surface area (Å²) in [6, 6.07) is 15.5. The first kappa shape index (κ1) is 14.0. The zero-order valence-corrected chi connectivity index (χ0v) is 12.0. The third-order valence-corrected chi connectivity index (χ3v) is 3.55. The molecule has 0 aliphatic rings. The minimum Gasteiger partial charge on any atom is -0.292 e. The maximum atomic E-state index is 12.7. The lowest BCUT2D eigenvalue weighted by atomic mass is 9.87. The Kier molecular flexibility index (Phi) is 4.00. The van der Waals surface area contributed by atoms with Crippen LogP contribution in [0.2, 0.25) is 0 Å². The van der Waals surface area contributed by atoms with Gasteiger partial charge in [-0.25, -0.2) is 0 Å². The van der Waals surface area contributed by atoms with Gasteiger partial charge in [0.2, 0.25) is 0 Å². The molecule has 2 nitrogen and oxygen atoms in total. The number of hydrogen-bond donors (Lipinski definition) is 0. The Morgan fingerprint density at radius 1 is 1.05 bits per heavy atom. The number of benzene rings is 2. The summed E-state index contributed by atoms with van der Waals surface area (Å²) in [7, 11) is 0. The van der Waals surface area contributed by atoms with E-state index in [2.05, 4.69) is 6.07 Å². The Balaban J connectivity index is 2.48. The van der Waals surface area contributed by atoms with E-state index in [0.29, 0.717) is 5.56 Å². The van der Waals surface area contributed by atoms with Crippen LogP contribution in [0, 0.1) is 32.1 Å². The van der Waals surface area contributed by atoms with Gasteiger partial charge in [0.15, 0.2) is 5.78 Å². The predicted molar refractivity (Wildman–Crippen MR) is 79.8 cm³/mol. The second-order valence-corrected chi connectivity index (χ2v) is 5.10. The molecule has 1 atom stereocenters. The van der Waals surface area contributed by atoms with Crippen LogP contribution < -0.4 is 0 Å². The fraction of sp³-hybridized carbons (Fsp3) is 0.222. The molecule has 0 spiro atoms. The van der Waals surface area contributed by atoms with Crippen LogP contribution in [-0.2, 0) is 0 Å². The van der Waals surface area contributed by atoms with Crippen LogP contribution in [0.3, 0.4) is 0 Å². The van der Waals surface area contributed by atoms with Gasteiger partial charge >= 0.3 is 0 Å². The summed E-state index contributed by atoms with van der Waals surface area (Å²) in [5.41, 5.74) is 4.34. The molecular formula is C18H17NO. The van der Waals surface area contributed by atoms with E-state index in [1.165, 1.54) is 0 Å². The van der Waals surface area contributed by atoms with Crippen LogP contribution in [0.4, 0.5) is 0 Å². The number of aryl methyl sites for hydroxylation is 3. The van der Waals surface area contributed by atoms with E-state index in [1.54, 1.807) is 0 Å². The Bertz CT molecular complexity index is 695. The minimum atomic E-state index is -0.739. The topological polar surface area (TPSA) is 40.9 Å². The molecule has 0 aliphatic carbocycles. The largest absolute Gasteiger partial charge is 0.292 e. The summed E-state index contributed by atoms with van der Waals surface area (Å²) in [4.78, 5) is 12.7. The van der Waals surface area contributed by atoms with E-state index < -0.39 is 5.92 Å². The first-order valence-corrected chi connectivity index (χ1v) is 6.61. The number of carbonyl (C=O) groups is 1. The number of nitriles is 1. The van der Waals surface area contributed by atoms with Crippen LogP contribution in [0.15, 0.2) is 42.5 Å². The molecule has 0 amide bonds. The molecule has 0 radical (unpaired) electrons. The second kappa shape index (κ2) is 5.71. The molecule has 0 heterocycles. The third kappa shape index (κ3) is 2.62. The molecule has 2 heteroatoms. The number of rotatable bonds is 3. The van der Waals surface area contributed by atoms with Crippen molar-refractivity contribution in [2.45, 2.75) is 26.7 Å². The molecule has 100 valence electrons. The zero-order valence-electron chi connectivity index (χ0n) is 12.0. The lowest BCUT2D eigenvalue weighted by molar-refractivity contribution is 0.0978. The van der Waals surface area contributed by atoms with Crippen molar-refractivity contribution in [2.75, 3.05) is 0 Å². The quantitative estimate of drug-likeness (QED) is 0.782. The zero-order chi connectivity index (χ0) is 14.7. The van der Waals surface area contributed by atoms with Crippen molar-refractivity contribution < 1.29 is 4.79 Å². The molecule has 0 fully saturated rings. The normalized spacial score (nSPS) is 11.7. The minimum absolute atomic E-state index is 0.122. The molecule has 0 aliphatic heterocycles. The van der Waals surface area contributed by atoms with E-state index in [1.807, 2.05) is 63.2 Å². The fourth-order valence-electron chi connectivity index (χ4n) is 2.34. The van der Waals surface area contributed by atoms with E-state index in [9.17, 15) is 10.1 Å². The Labute approximate surface area is 119 Å². The highest BCUT2D eigenvalue weighted by Gasteiger charge is 2.24. The molecule has 0 bridgehead atoms. The average molecular weight is 263 g/mol. The SMILES string of the molecule is Cc1ccc(C)c(C(=O)C(C#N)c2ccccc2C)c1. The highest BCUT2D eigenvalue weighted by atomic mass is 16.1. The molecular weight excluding hydrogens is 246 g/mol. The molecule has 0 saturated heterocycles. The van der Waals surface area contributed by atoms with Crippen LogP contribution in [0.1, 0.15) is 38.5 Å². The second-order valence-electron chi connectivity index (χ2n) is 5.10. The summed E-state index contributed by atoms with van der Waals surface area (Å²) < 4.78 is 0. The number of carbonyl (C=O) groups excluding carboxylic acids is 1. The lowest BCUT2D eigenvalue weighted by Gasteiger charge is -2.13.